The molecule has 33 heavy (non-hydrogen) atoms. The van der Waals surface area contributed by atoms with Crippen molar-refractivity contribution < 1.29 is 27.4 Å². The third-order valence-electron chi connectivity index (χ3n) is 5.32. The summed E-state index contributed by atoms with van der Waals surface area (Å²) in [6.45, 7) is 4.87. The molecule has 0 unspecified atom stereocenters. The van der Waals surface area contributed by atoms with E-state index < -0.39 is 15.9 Å². The first-order chi connectivity index (χ1) is 15.8. The number of anilines is 1. The Kier molecular flexibility index (Phi) is 6.79. The molecular weight excluding hydrogens is 468 g/mol. The highest BCUT2D eigenvalue weighted by Crippen LogP contribution is 2.34. The summed E-state index contributed by atoms with van der Waals surface area (Å²) >= 11 is 1.53. The van der Waals surface area contributed by atoms with Crippen molar-refractivity contribution in [2.24, 2.45) is 0 Å². The first-order valence-electron chi connectivity index (χ1n) is 10.2. The monoisotopic (exact) mass is 492 g/mol. The minimum atomic E-state index is -3.73. The van der Waals surface area contributed by atoms with E-state index in [2.05, 4.69) is 15.3 Å². The summed E-state index contributed by atoms with van der Waals surface area (Å²) in [6, 6.07) is 4.35. The minimum absolute atomic E-state index is 0.0586. The second-order valence-electron chi connectivity index (χ2n) is 7.36. The number of aromatic nitrogens is 2. The molecule has 12 heteroatoms. The molecule has 176 valence electrons. The number of carbonyl (C=O) groups excluding carboxylic acids is 1. The van der Waals surface area contributed by atoms with Crippen LogP contribution in [0.15, 0.2) is 29.4 Å². The Bertz CT molecular complexity index is 1290. The number of nitrogens with one attached hydrogen (secondary N) is 1. The van der Waals surface area contributed by atoms with E-state index in [9.17, 15) is 13.2 Å². The summed E-state index contributed by atoms with van der Waals surface area (Å²) in [4.78, 5) is 23.0. The second-order valence-corrected chi connectivity index (χ2v) is 10.5. The lowest BCUT2D eigenvalue weighted by Gasteiger charge is -2.26. The fourth-order valence-corrected chi connectivity index (χ4v) is 5.88. The average molecular weight is 493 g/mol. The van der Waals surface area contributed by atoms with E-state index in [0.717, 1.165) is 20.7 Å². The number of fused-ring (bicyclic) bond motifs is 1. The van der Waals surface area contributed by atoms with Gasteiger partial charge < -0.3 is 19.5 Å². The molecule has 0 bridgehead atoms. The van der Waals surface area contributed by atoms with E-state index >= 15 is 0 Å². The highest BCUT2D eigenvalue weighted by atomic mass is 32.2. The zero-order valence-electron chi connectivity index (χ0n) is 18.5. The van der Waals surface area contributed by atoms with Crippen LogP contribution < -0.4 is 14.8 Å². The van der Waals surface area contributed by atoms with Gasteiger partial charge in [-0.1, -0.05) is 0 Å². The summed E-state index contributed by atoms with van der Waals surface area (Å²) < 4.78 is 43.5. The third-order valence-corrected chi connectivity index (χ3v) is 8.33. The number of carbonyl (C=O) groups is 1. The molecule has 0 aliphatic carbocycles. The predicted octanol–water partition coefficient (Wildman–Crippen LogP) is 2.36. The lowest BCUT2D eigenvalue weighted by molar-refractivity contribution is -0.118. The van der Waals surface area contributed by atoms with Gasteiger partial charge in [0.2, 0.25) is 15.9 Å². The zero-order chi connectivity index (χ0) is 23.6. The van der Waals surface area contributed by atoms with Gasteiger partial charge in [0.1, 0.15) is 16.9 Å². The molecule has 2 aromatic heterocycles. The Hall–Kier alpha value is -2.80. The largest absolute Gasteiger partial charge is 0.495 e. The normalized spacial score (nSPS) is 14.9. The second kappa shape index (κ2) is 9.59. The average Bonchev–Trinajstić information content (AvgIpc) is 3.12. The van der Waals surface area contributed by atoms with Crippen LogP contribution in [0.2, 0.25) is 0 Å². The van der Waals surface area contributed by atoms with Crippen molar-refractivity contribution in [3.8, 4) is 11.6 Å². The molecule has 1 aliphatic rings. The minimum Gasteiger partial charge on any atom is -0.495 e. The molecule has 3 heterocycles. The van der Waals surface area contributed by atoms with Crippen molar-refractivity contribution in [3.63, 3.8) is 0 Å². The van der Waals surface area contributed by atoms with Crippen molar-refractivity contribution in [2.75, 3.05) is 45.3 Å². The summed E-state index contributed by atoms with van der Waals surface area (Å²) in [5.41, 5.74) is 1.24. The first-order valence-corrected chi connectivity index (χ1v) is 12.5. The van der Waals surface area contributed by atoms with Crippen molar-refractivity contribution >= 4 is 43.2 Å². The van der Waals surface area contributed by atoms with Crippen LogP contribution in [0.5, 0.6) is 11.6 Å². The first kappa shape index (κ1) is 23.4. The van der Waals surface area contributed by atoms with E-state index in [4.69, 9.17) is 14.2 Å². The Morgan fingerprint density at radius 3 is 2.73 bits per heavy atom. The standard InChI is InChI=1S/C21H24N4O6S2/c1-13-14(2)32-21-19(13)20(22-12-23-21)31-11-18(26)24-16-10-15(4-5-17(16)29-3)33(27,28)25-6-8-30-9-7-25/h4-5,10,12H,6-9,11H2,1-3H3,(H,24,26). The molecule has 1 amide bonds. The zero-order valence-corrected chi connectivity index (χ0v) is 20.1. The van der Waals surface area contributed by atoms with Crippen LogP contribution in [0.1, 0.15) is 10.4 Å². The van der Waals surface area contributed by atoms with E-state index in [1.54, 1.807) is 0 Å². The molecule has 4 rings (SSSR count). The van der Waals surface area contributed by atoms with Gasteiger partial charge in [-0.3, -0.25) is 4.79 Å². The number of benzene rings is 1. The summed E-state index contributed by atoms with van der Waals surface area (Å²) in [7, 11) is -2.29. The number of thiophene rings is 1. The van der Waals surface area contributed by atoms with Crippen LogP contribution >= 0.6 is 11.3 Å². The van der Waals surface area contributed by atoms with Crippen molar-refractivity contribution in [3.05, 3.63) is 35.0 Å². The summed E-state index contributed by atoms with van der Waals surface area (Å²) in [6.07, 6.45) is 1.40. The number of aryl methyl sites for hydroxylation is 2. The Labute approximate surface area is 195 Å². The number of rotatable bonds is 7. The third kappa shape index (κ3) is 4.78. The molecule has 0 saturated carbocycles. The fraction of sp³-hybridized carbons (Fsp3) is 0.381. The van der Waals surface area contributed by atoms with Crippen LogP contribution in [0.25, 0.3) is 10.2 Å². The molecule has 0 atom stereocenters. The Morgan fingerprint density at radius 2 is 2.00 bits per heavy atom. The molecular formula is C21H24N4O6S2. The van der Waals surface area contributed by atoms with Gasteiger partial charge in [0.05, 0.1) is 36.3 Å². The van der Waals surface area contributed by atoms with Crippen molar-refractivity contribution in [1.29, 1.82) is 0 Å². The van der Waals surface area contributed by atoms with E-state index in [0.29, 0.717) is 24.8 Å². The molecule has 1 aromatic carbocycles. The summed E-state index contributed by atoms with van der Waals surface area (Å²) in [5.74, 6) is 0.177. The number of amides is 1. The molecule has 10 nitrogen and oxygen atoms in total. The SMILES string of the molecule is COc1ccc(S(=O)(=O)N2CCOCC2)cc1NC(=O)COc1ncnc2sc(C)c(C)c12. The van der Waals surface area contributed by atoms with Crippen LogP contribution in [0.3, 0.4) is 0 Å². The van der Waals surface area contributed by atoms with E-state index in [-0.39, 0.29) is 30.3 Å². The summed E-state index contributed by atoms with van der Waals surface area (Å²) in [5, 5.41) is 3.46. The maximum Gasteiger partial charge on any atom is 0.262 e. The maximum atomic E-state index is 13.0. The number of morpholine rings is 1. The van der Waals surface area contributed by atoms with Crippen LogP contribution in [-0.4, -0.2) is 68.6 Å². The number of hydrogen-bond donors (Lipinski definition) is 1. The number of nitrogens with zero attached hydrogens (tertiary/aromatic N) is 3. The van der Waals surface area contributed by atoms with Gasteiger partial charge in [-0.15, -0.1) is 11.3 Å². The van der Waals surface area contributed by atoms with Gasteiger partial charge in [-0.2, -0.15) is 4.31 Å². The lowest BCUT2D eigenvalue weighted by atomic mass is 10.2. The van der Waals surface area contributed by atoms with Gasteiger partial charge in [-0.25, -0.2) is 18.4 Å². The van der Waals surface area contributed by atoms with E-state index in [1.807, 2.05) is 13.8 Å². The van der Waals surface area contributed by atoms with Gasteiger partial charge in [-0.05, 0) is 37.6 Å². The number of methoxy groups -OCH3 is 1. The molecule has 1 aliphatic heterocycles. The molecule has 0 spiro atoms. The molecule has 1 fully saturated rings. The highest BCUT2D eigenvalue weighted by molar-refractivity contribution is 7.89. The Balaban J connectivity index is 1.51. The van der Waals surface area contributed by atoms with Gasteiger partial charge in [0, 0.05) is 18.0 Å². The number of hydrogen-bond acceptors (Lipinski definition) is 9. The molecule has 3 aromatic rings. The van der Waals surface area contributed by atoms with E-state index in [1.165, 1.54) is 47.3 Å². The number of ether oxygens (including phenoxy) is 3. The Morgan fingerprint density at radius 1 is 1.24 bits per heavy atom. The van der Waals surface area contributed by atoms with Gasteiger partial charge >= 0.3 is 0 Å². The van der Waals surface area contributed by atoms with Crippen LogP contribution in [-0.2, 0) is 19.6 Å². The van der Waals surface area contributed by atoms with Gasteiger partial charge in [0.15, 0.2) is 6.61 Å². The molecule has 1 N–H and O–H groups in total. The van der Waals surface area contributed by atoms with Crippen molar-refractivity contribution in [2.45, 2.75) is 18.7 Å². The maximum absolute atomic E-state index is 13.0. The van der Waals surface area contributed by atoms with Crippen LogP contribution in [0.4, 0.5) is 5.69 Å². The molecule has 1 saturated heterocycles. The van der Waals surface area contributed by atoms with Gasteiger partial charge in [0.25, 0.3) is 5.91 Å². The fourth-order valence-electron chi connectivity index (χ4n) is 3.46. The van der Waals surface area contributed by atoms with Crippen LogP contribution in [0, 0.1) is 13.8 Å². The number of sulfonamides is 1. The van der Waals surface area contributed by atoms with Crippen molar-refractivity contribution in [1.82, 2.24) is 14.3 Å². The lowest BCUT2D eigenvalue weighted by Crippen LogP contribution is -2.40. The highest BCUT2D eigenvalue weighted by Gasteiger charge is 2.27. The predicted molar refractivity (Wildman–Crippen MR) is 124 cm³/mol. The molecule has 0 radical (unpaired) electrons. The quantitative estimate of drug-likeness (QED) is 0.534. The smallest absolute Gasteiger partial charge is 0.262 e. The topological polar surface area (TPSA) is 120 Å².